The molecule has 0 amide bonds. The van der Waals surface area contributed by atoms with Gasteiger partial charge in [0.1, 0.15) is 0 Å². The second kappa shape index (κ2) is 6.33. The van der Waals surface area contributed by atoms with Gasteiger partial charge in [0.05, 0.1) is 12.7 Å². The predicted octanol–water partition coefficient (Wildman–Crippen LogP) is 1.25. The van der Waals surface area contributed by atoms with Crippen molar-refractivity contribution in [2.24, 2.45) is 0 Å². The molecule has 2 fully saturated rings. The minimum absolute atomic E-state index is 0.238. The number of nitrogens with one attached hydrogen (secondary N) is 1. The molecular formula is C14H28N2O2. The standard InChI is InChI=1S/C14H28N2O2/c1-12(2)16-6-9-18-13(11-16)10-15-14(3)4-7-17-8-5-14/h12-13,15H,4-11H2,1-3H3. The van der Waals surface area contributed by atoms with Crippen LogP contribution in [0.3, 0.4) is 0 Å². The number of nitrogens with zero attached hydrogens (tertiary/aromatic N) is 1. The maximum absolute atomic E-state index is 5.86. The van der Waals surface area contributed by atoms with Crippen molar-refractivity contribution in [3.63, 3.8) is 0 Å². The van der Waals surface area contributed by atoms with Crippen molar-refractivity contribution < 1.29 is 9.47 Å². The number of hydrogen-bond acceptors (Lipinski definition) is 4. The molecule has 106 valence electrons. The van der Waals surface area contributed by atoms with Gasteiger partial charge in [-0.2, -0.15) is 0 Å². The molecule has 0 bridgehead atoms. The number of hydrogen-bond donors (Lipinski definition) is 1. The summed E-state index contributed by atoms with van der Waals surface area (Å²) in [5.74, 6) is 0. The summed E-state index contributed by atoms with van der Waals surface area (Å²) >= 11 is 0. The quantitative estimate of drug-likeness (QED) is 0.821. The van der Waals surface area contributed by atoms with Gasteiger partial charge in [0.15, 0.2) is 0 Å². The number of rotatable bonds is 4. The molecule has 1 atom stereocenters. The van der Waals surface area contributed by atoms with E-state index in [1.165, 1.54) is 0 Å². The zero-order chi connectivity index (χ0) is 13.0. The summed E-state index contributed by atoms with van der Waals surface area (Å²) in [6, 6.07) is 0.620. The first-order valence-electron chi connectivity index (χ1n) is 7.27. The Bertz CT molecular complexity index is 252. The molecule has 2 aliphatic heterocycles. The molecule has 4 nitrogen and oxygen atoms in total. The molecule has 2 heterocycles. The van der Waals surface area contributed by atoms with E-state index in [-0.39, 0.29) is 5.54 Å². The molecule has 2 aliphatic rings. The van der Waals surface area contributed by atoms with Crippen LogP contribution in [0.25, 0.3) is 0 Å². The van der Waals surface area contributed by atoms with Gasteiger partial charge in [-0.1, -0.05) is 0 Å². The van der Waals surface area contributed by atoms with Crippen LogP contribution in [0.15, 0.2) is 0 Å². The average Bonchev–Trinajstić information content (AvgIpc) is 2.38. The summed E-state index contributed by atoms with van der Waals surface area (Å²) in [7, 11) is 0. The minimum Gasteiger partial charge on any atom is -0.381 e. The Morgan fingerprint density at radius 2 is 2.00 bits per heavy atom. The van der Waals surface area contributed by atoms with E-state index < -0.39 is 0 Å². The van der Waals surface area contributed by atoms with Gasteiger partial charge in [0.25, 0.3) is 0 Å². The normalized spacial score (nSPS) is 29.7. The Labute approximate surface area is 111 Å². The van der Waals surface area contributed by atoms with E-state index in [1.54, 1.807) is 0 Å². The molecule has 0 radical (unpaired) electrons. The van der Waals surface area contributed by atoms with E-state index in [9.17, 15) is 0 Å². The third-order valence-electron chi connectivity index (χ3n) is 4.25. The summed E-state index contributed by atoms with van der Waals surface area (Å²) in [6.45, 7) is 12.5. The summed E-state index contributed by atoms with van der Waals surface area (Å²) in [5.41, 5.74) is 0.238. The lowest BCUT2D eigenvalue weighted by molar-refractivity contribution is -0.0436. The third-order valence-corrected chi connectivity index (χ3v) is 4.25. The molecule has 0 saturated carbocycles. The SMILES string of the molecule is CC(C)N1CCOC(CNC2(C)CCOCC2)C1. The summed E-state index contributed by atoms with van der Waals surface area (Å²) in [5, 5.41) is 3.70. The van der Waals surface area contributed by atoms with Gasteiger partial charge in [-0.05, 0) is 33.6 Å². The largest absolute Gasteiger partial charge is 0.381 e. The van der Waals surface area contributed by atoms with Crippen molar-refractivity contribution in [2.75, 3.05) is 39.5 Å². The van der Waals surface area contributed by atoms with Gasteiger partial charge < -0.3 is 14.8 Å². The summed E-state index contributed by atoms with van der Waals surface area (Å²) in [4.78, 5) is 2.50. The van der Waals surface area contributed by atoms with Crippen molar-refractivity contribution in [1.29, 1.82) is 0 Å². The first kappa shape index (κ1) is 14.3. The van der Waals surface area contributed by atoms with Crippen LogP contribution in [0.1, 0.15) is 33.6 Å². The van der Waals surface area contributed by atoms with Gasteiger partial charge in [-0.25, -0.2) is 0 Å². The Morgan fingerprint density at radius 1 is 1.28 bits per heavy atom. The average molecular weight is 256 g/mol. The van der Waals surface area contributed by atoms with Crippen LogP contribution < -0.4 is 5.32 Å². The topological polar surface area (TPSA) is 33.7 Å². The van der Waals surface area contributed by atoms with Crippen molar-refractivity contribution in [3.05, 3.63) is 0 Å². The molecule has 2 rings (SSSR count). The molecule has 0 aliphatic carbocycles. The van der Waals surface area contributed by atoms with Gasteiger partial charge in [0, 0.05) is 44.4 Å². The number of morpholine rings is 1. The van der Waals surface area contributed by atoms with Crippen LogP contribution in [0.4, 0.5) is 0 Å². The second-order valence-electron chi connectivity index (χ2n) is 6.14. The van der Waals surface area contributed by atoms with E-state index in [1.807, 2.05) is 0 Å². The van der Waals surface area contributed by atoms with Crippen molar-refractivity contribution in [3.8, 4) is 0 Å². The van der Waals surface area contributed by atoms with Gasteiger partial charge in [-0.15, -0.1) is 0 Å². The van der Waals surface area contributed by atoms with Gasteiger partial charge in [-0.3, -0.25) is 4.90 Å². The fourth-order valence-corrected chi connectivity index (χ4v) is 2.69. The van der Waals surface area contributed by atoms with E-state index in [0.29, 0.717) is 12.1 Å². The number of ether oxygens (including phenoxy) is 2. The fraction of sp³-hybridized carbons (Fsp3) is 1.00. The van der Waals surface area contributed by atoms with Crippen molar-refractivity contribution in [2.45, 2.75) is 51.3 Å². The van der Waals surface area contributed by atoms with Crippen LogP contribution in [0.2, 0.25) is 0 Å². The van der Waals surface area contributed by atoms with Gasteiger partial charge >= 0.3 is 0 Å². The Morgan fingerprint density at radius 3 is 2.67 bits per heavy atom. The maximum atomic E-state index is 5.86. The third kappa shape index (κ3) is 3.92. The van der Waals surface area contributed by atoms with Crippen molar-refractivity contribution in [1.82, 2.24) is 10.2 Å². The van der Waals surface area contributed by atoms with E-state index in [0.717, 1.165) is 52.3 Å². The fourth-order valence-electron chi connectivity index (χ4n) is 2.69. The molecule has 0 spiro atoms. The lowest BCUT2D eigenvalue weighted by Gasteiger charge is -2.39. The van der Waals surface area contributed by atoms with E-state index in [4.69, 9.17) is 9.47 Å². The molecule has 0 aromatic rings. The van der Waals surface area contributed by atoms with Crippen LogP contribution >= 0.6 is 0 Å². The molecule has 2 saturated heterocycles. The highest BCUT2D eigenvalue weighted by molar-refractivity contribution is 4.87. The maximum Gasteiger partial charge on any atom is 0.0827 e. The Balaban J connectivity index is 1.75. The van der Waals surface area contributed by atoms with Crippen LogP contribution in [-0.2, 0) is 9.47 Å². The lowest BCUT2D eigenvalue weighted by Crippen LogP contribution is -2.54. The van der Waals surface area contributed by atoms with Crippen LogP contribution in [0, 0.1) is 0 Å². The summed E-state index contributed by atoms with van der Waals surface area (Å²) < 4.78 is 11.3. The molecule has 4 heteroatoms. The zero-order valence-corrected chi connectivity index (χ0v) is 12.1. The Hall–Kier alpha value is -0.160. The second-order valence-corrected chi connectivity index (χ2v) is 6.14. The first-order chi connectivity index (χ1) is 8.59. The highest BCUT2D eigenvalue weighted by Gasteiger charge is 2.29. The first-order valence-corrected chi connectivity index (χ1v) is 7.27. The van der Waals surface area contributed by atoms with E-state index in [2.05, 4.69) is 31.0 Å². The lowest BCUT2D eigenvalue weighted by atomic mass is 9.92. The molecule has 1 unspecified atom stereocenters. The van der Waals surface area contributed by atoms with Crippen LogP contribution in [0.5, 0.6) is 0 Å². The predicted molar refractivity (Wildman–Crippen MR) is 72.9 cm³/mol. The monoisotopic (exact) mass is 256 g/mol. The highest BCUT2D eigenvalue weighted by atomic mass is 16.5. The molecule has 1 N–H and O–H groups in total. The molecule has 0 aromatic heterocycles. The molecular weight excluding hydrogens is 228 g/mol. The molecule has 0 aromatic carbocycles. The summed E-state index contributed by atoms with van der Waals surface area (Å²) in [6.07, 6.45) is 2.54. The highest BCUT2D eigenvalue weighted by Crippen LogP contribution is 2.20. The van der Waals surface area contributed by atoms with Crippen LogP contribution in [-0.4, -0.2) is 62.0 Å². The van der Waals surface area contributed by atoms with E-state index >= 15 is 0 Å². The zero-order valence-electron chi connectivity index (χ0n) is 12.1. The minimum atomic E-state index is 0.238. The van der Waals surface area contributed by atoms with Gasteiger partial charge in [0.2, 0.25) is 0 Å². The molecule has 18 heavy (non-hydrogen) atoms. The van der Waals surface area contributed by atoms with Crippen molar-refractivity contribution >= 4 is 0 Å². The Kier molecular flexibility index (Phi) is 5.01. The smallest absolute Gasteiger partial charge is 0.0827 e.